The second-order valence-corrected chi connectivity index (χ2v) is 20.4. The lowest BCUT2D eigenvalue weighted by molar-refractivity contribution is -0.666. The SMILES string of the molecule is CSc1ccc2c(c1)N(CCNS(=O)(=O)C(F)(F)F)/C(=C/C1=CC(=C/C=C/c3sc4ccc(SC)cc4[n+]3CCNS(=O)(=O)C(F)(F)F)/CC(C)(C)C1)S2. The van der Waals surface area contributed by atoms with Gasteiger partial charge < -0.3 is 4.90 Å². The van der Waals surface area contributed by atoms with Gasteiger partial charge in [0.15, 0.2) is 6.54 Å². The lowest BCUT2D eigenvalue weighted by atomic mass is 9.75. The number of thioether (sulfide) groups is 3. The van der Waals surface area contributed by atoms with Gasteiger partial charge in [-0.15, -0.1) is 23.5 Å². The number of hydrogen-bond acceptors (Lipinski definition) is 9. The zero-order chi connectivity index (χ0) is 39.7. The molecule has 0 spiro atoms. The third kappa shape index (κ3) is 10.1. The third-order valence-electron chi connectivity index (χ3n) is 8.33. The molecule has 3 aromatic rings. The molecule has 54 heavy (non-hydrogen) atoms. The summed E-state index contributed by atoms with van der Waals surface area (Å²) in [5, 5.41) is 1.44. The Labute approximate surface area is 327 Å². The van der Waals surface area contributed by atoms with Gasteiger partial charge in [-0.05, 0) is 78.3 Å². The quantitative estimate of drug-likeness (QED) is 0.100. The Hall–Kier alpha value is -2.46. The van der Waals surface area contributed by atoms with E-state index in [-0.39, 0.29) is 18.5 Å². The summed E-state index contributed by atoms with van der Waals surface area (Å²) in [6.07, 6.45) is 14.9. The second kappa shape index (κ2) is 16.6. The van der Waals surface area contributed by atoms with Gasteiger partial charge in [0.2, 0.25) is 5.52 Å². The predicted molar refractivity (Wildman–Crippen MR) is 207 cm³/mol. The van der Waals surface area contributed by atoms with E-state index in [0.29, 0.717) is 11.4 Å². The number of fused-ring (bicyclic) bond motifs is 2. The van der Waals surface area contributed by atoms with Crippen LogP contribution in [0.5, 0.6) is 0 Å². The molecular formula is C34H37F6N4O4S6+. The average molecular weight is 872 g/mol. The minimum atomic E-state index is -5.51. The summed E-state index contributed by atoms with van der Waals surface area (Å²) in [6.45, 7) is 3.23. The Morgan fingerprint density at radius 1 is 0.907 bits per heavy atom. The number of nitrogens with one attached hydrogen (secondary N) is 2. The molecule has 2 aromatic carbocycles. The van der Waals surface area contributed by atoms with Gasteiger partial charge in [-0.1, -0.05) is 55.2 Å². The molecule has 2 heterocycles. The zero-order valence-corrected chi connectivity index (χ0v) is 34.2. The van der Waals surface area contributed by atoms with Crippen molar-refractivity contribution < 1.29 is 47.7 Å². The molecule has 0 radical (unpaired) electrons. The number of allylic oxidation sites excluding steroid dienone is 6. The number of alkyl halides is 6. The number of benzene rings is 2. The number of sulfonamides is 2. The topological polar surface area (TPSA) is 99.5 Å². The van der Waals surface area contributed by atoms with Crippen LogP contribution in [0.15, 0.2) is 91.6 Å². The van der Waals surface area contributed by atoms with E-state index in [1.165, 1.54) is 46.6 Å². The summed E-state index contributed by atoms with van der Waals surface area (Å²) in [6, 6.07) is 11.6. The first-order valence-electron chi connectivity index (χ1n) is 16.2. The van der Waals surface area contributed by atoms with Crippen LogP contribution in [0.2, 0.25) is 0 Å². The van der Waals surface area contributed by atoms with Crippen molar-refractivity contribution in [3.8, 4) is 0 Å². The van der Waals surface area contributed by atoms with Crippen LogP contribution in [0, 0.1) is 5.41 Å². The average Bonchev–Trinajstić information content (AvgIpc) is 3.58. The smallest absolute Gasteiger partial charge is 0.334 e. The highest BCUT2D eigenvalue weighted by molar-refractivity contribution is 8.03. The first-order valence-corrected chi connectivity index (χ1v) is 23.2. The van der Waals surface area contributed by atoms with Crippen molar-refractivity contribution >= 4 is 88.6 Å². The van der Waals surface area contributed by atoms with Crippen LogP contribution in [0.4, 0.5) is 32.0 Å². The highest BCUT2D eigenvalue weighted by Gasteiger charge is 2.46. The van der Waals surface area contributed by atoms with E-state index in [9.17, 15) is 43.2 Å². The van der Waals surface area contributed by atoms with Crippen molar-refractivity contribution in [2.45, 2.75) is 58.9 Å². The van der Waals surface area contributed by atoms with Crippen LogP contribution in [0.25, 0.3) is 16.3 Å². The van der Waals surface area contributed by atoms with Crippen LogP contribution in [0.1, 0.15) is 31.7 Å². The first kappa shape index (κ1) is 42.7. The fourth-order valence-electron chi connectivity index (χ4n) is 5.98. The van der Waals surface area contributed by atoms with Crippen molar-refractivity contribution in [1.29, 1.82) is 0 Å². The molecule has 0 unspecified atom stereocenters. The van der Waals surface area contributed by atoms with Crippen LogP contribution >= 0.6 is 46.6 Å². The van der Waals surface area contributed by atoms with Gasteiger partial charge in [0.1, 0.15) is 4.70 Å². The Morgan fingerprint density at radius 3 is 2.19 bits per heavy atom. The number of rotatable bonds is 13. The zero-order valence-electron chi connectivity index (χ0n) is 29.3. The van der Waals surface area contributed by atoms with Crippen molar-refractivity contribution in [2.75, 3.05) is 37.0 Å². The molecule has 0 saturated carbocycles. The van der Waals surface area contributed by atoms with Gasteiger partial charge in [-0.3, -0.25) is 0 Å². The molecule has 0 atom stereocenters. The molecule has 0 bridgehead atoms. The summed E-state index contributed by atoms with van der Waals surface area (Å²) >= 11 is 5.88. The maximum absolute atomic E-state index is 13.0. The van der Waals surface area contributed by atoms with Crippen molar-refractivity contribution in [1.82, 2.24) is 9.44 Å². The third-order valence-corrected chi connectivity index (χ3v) is 14.4. The number of halogens is 6. The van der Waals surface area contributed by atoms with E-state index in [1.807, 2.05) is 84.2 Å². The molecule has 1 aromatic heterocycles. The molecular weight excluding hydrogens is 835 g/mol. The molecule has 1 aliphatic carbocycles. The molecule has 2 aliphatic rings. The van der Waals surface area contributed by atoms with E-state index in [1.54, 1.807) is 14.0 Å². The van der Waals surface area contributed by atoms with Crippen molar-refractivity contribution in [3.05, 3.63) is 81.9 Å². The normalized spacial score (nSPS) is 18.3. The highest BCUT2D eigenvalue weighted by atomic mass is 32.2. The fraction of sp³-hybridized carbons (Fsp3) is 0.382. The summed E-state index contributed by atoms with van der Waals surface area (Å²) in [5.74, 6) is 0. The van der Waals surface area contributed by atoms with Crippen LogP contribution < -0.4 is 18.9 Å². The van der Waals surface area contributed by atoms with E-state index < -0.39 is 44.2 Å². The molecule has 1 aliphatic heterocycles. The van der Waals surface area contributed by atoms with Crippen LogP contribution in [-0.2, 0) is 26.6 Å². The number of thiazole rings is 1. The lowest BCUT2D eigenvalue weighted by Gasteiger charge is -2.31. The van der Waals surface area contributed by atoms with Gasteiger partial charge in [-0.25, -0.2) is 26.3 Å². The fourth-order valence-corrected chi connectivity index (χ4v) is 10.1. The van der Waals surface area contributed by atoms with E-state index >= 15 is 0 Å². The van der Waals surface area contributed by atoms with Crippen molar-refractivity contribution in [2.24, 2.45) is 5.41 Å². The standard InChI is InChI=1S/C34H37F6N4O4S6/c1-32(2)20-22(6-5-7-30-43(14-12-41-53(45,46)33(35,36)37)26-18-24(49-3)8-10-28(26)51-30)16-23(21-32)17-31-44(15-13-42-54(47,48)34(38,39)40)27-19-25(50-4)9-11-29(27)52-31/h5-11,16-19,41-42H,12-15,20-21H2,1-4H3/q+1. The van der Waals surface area contributed by atoms with Crippen molar-refractivity contribution in [3.63, 3.8) is 0 Å². The number of nitrogens with zero attached hydrogens (tertiary/aromatic N) is 2. The first-order chi connectivity index (χ1) is 25.1. The molecule has 2 N–H and O–H groups in total. The van der Waals surface area contributed by atoms with Crippen LogP contribution in [-0.4, -0.2) is 60.0 Å². The summed E-state index contributed by atoms with van der Waals surface area (Å²) < 4.78 is 131. The van der Waals surface area contributed by atoms with Gasteiger partial charge in [0.25, 0.3) is 5.01 Å². The minimum Gasteiger partial charge on any atom is -0.334 e. The largest absolute Gasteiger partial charge is 0.511 e. The van der Waals surface area contributed by atoms with Gasteiger partial charge in [0.05, 0.1) is 17.3 Å². The second-order valence-electron chi connectivity index (χ2n) is 13.0. The maximum atomic E-state index is 13.0. The molecule has 0 saturated heterocycles. The summed E-state index contributed by atoms with van der Waals surface area (Å²) in [5.41, 5.74) is -7.53. The Balaban J connectivity index is 1.43. The number of aromatic nitrogens is 1. The molecule has 294 valence electrons. The van der Waals surface area contributed by atoms with E-state index in [4.69, 9.17) is 0 Å². The molecule has 8 nitrogen and oxygen atoms in total. The minimum absolute atomic E-state index is 0.0354. The van der Waals surface area contributed by atoms with E-state index in [0.717, 1.165) is 53.2 Å². The maximum Gasteiger partial charge on any atom is 0.511 e. The van der Waals surface area contributed by atoms with Gasteiger partial charge in [0, 0.05) is 39.9 Å². The van der Waals surface area contributed by atoms with Gasteiger partial charge in [-0.2, -0.15) is 30.9 Å². The molecule has 5 rings (SSSR count). The Bertz CT molecular complexity index is 2250. The van der Waals surface area contributed by atoms with Gasteiger partial charge >= 0.3 is 31.1 Å². The Morgan fingerprint density at radius 2 is 1.54 bits per heavy atom. The molecule has 0 fully saturated rings. The lowest BCUT2D eigenvalue weighted by Crippen LogP contribution is -2.44. The molecule has 20 heteroatoms. The summed E-state index contributed by atoms with van der Waals surface area (Å²) in [7, 11) is -11.0. The molecule has 0 amide bonds. The van der Waals surface area contributed by atoms with E-state index in [2.05, 4.69) is 13.8 Å². The summed E-state index contributed by atoms with van der Waals surface area (Å²) in [4.78, 5) is 4.59. The monoisotopic (exact) mass is 871 g/mol. The number of anilines is 1. The predicted octanol–water partition coefficient (Wildman–Crippen LogP) is 8.65. The highest BCUT2D eigenvalue weighted by Crippen LogP contribution is 2.49. The van der Waals surface area contributed by atoms with Crippen LogP contribution in [0.3, 0.4) is 0 Å². The number of hydrogen-bond donors (Lipinski definition) is 2. The Kier molecular flexibility index (Phi) is 13.1.